The van der Waals surface area contributed by atoms with Gasteiger partial charge in [0.05, 0.1) is 4.92 Å². The van der Waals surface area contributed by atoms with Gasteiger partial charge < -0.3 is 5.73 Å². The molecule has 1 aliphatic rings. The van der Waals surface area contributed by atoms with Crippen LogP contribution in [0.25, 0.3) is 0 Å². The van der Waals surface area contributed by atoms with Crippen LogP contribution in [-0.4, -0.2) is 36.8 Å². The minimum atomic E-state index is -4.28. The average Bonchev–Trinajstić information content (AvgIpc) is 2.80. The number of sulfonamides is 1. The van der Waals surface area contributed by atoms with Crippen LogP contribution in [0.4, 0.5) is 10.1 Å². The van der Waals surface area contributed by atoms with Gasteiger partial charge in [-0.25, -0.2) is 12.8 Å². The number of hydrogen-bond acceptors (Lipinski definition) is 5. The highest BCUT2D eigenvalue weighted by Crippen LogP contribution is 2.34. The van der Waals surface area contributed by atoms with Crippen molar-refractivity contribution in [1.82, 2.24) is 4.31 Å². The fraction of sp³-hybridized carbons (Fsp3) is 0.500. The predicted molar refractivity (Wildman–Crippen MR) is 73.6 cm³/mol. The lowest BCUT2D eigenvalue weighted by Gasteiger charge is -2.21. The van der Waals surface area contributed by atoms with Crippen LogP contribution in [0.2, 0.25) is 0 Å². The minimum absolute atomic E-state index is 0.0272. The van der Waals surface area contributed by atoms with E-state index < -0.39 is 31.3 Å². The lowest BCUT2D eigenvalue weighted by molar-refractivity contribution is -0.388. The molecule has 21 heavy (non-hydrogen) atoms. The molecule has 0 amide bonds. The number of hydrogen-bond donors (Lipinski definition) is 1. The third-order valence-electron chi connectivity index (χ3n) is 3.65. The first kappa shape index (κ1) is 15.8. The molecule has 1 saturated heterocycles. The molecule has 0 aliphatic carbocycles. The summed E-state index contributed by atoms with van der Waals surface area (Å²) in [4.78, 5) is 9.21. The van der Waals surface area contributed by atoms with Crippen LogP contribution in [0.3, 0.4) is 0 Å². The summed E-state index contributed by atoms with van der Waals surface area (Å²) in [5.41, 5.74) is 4.79. The maximum absolute atomic E-state index is 13.9. The molecule has 0 spiro atoms. The molecular formula is C12H16FN3O4S. The topological polar surface area (TPSA) is 107 Å². The zero-order valence-electron chi connectivity index (χ0n) is 11.4. The van der Waals surface area contributed by atoms with E-state index in [9.17, 15) is 22.9 Å². The van der Waals surface area contributed by atoms with Crippen LogP contribution in [-0.2, 0) is 10.0 Å². The van der Waals surface area contributed by atoms with Gasteiger partial charge in [-0.15, -0.1) is 0 Å². The summed E-state index contributed by atoms with van der Waals surface area (Å²) >= 11 is 0. The van der Waals surface area contributed by atoms with Gasteiger partial charge >= 0.3 is 0 Å². The Balaban J connectivity index is 2.53. The van der Waals surface area contributed by atoms with Crippen molar-refractivity contribution in [1.29, 1.82) is 0 Å². The van der Waals surface area contributed by atoms with Gasteiger partial charge in [0.1, 0.15) is 5.82 Å². The zero-order valence-corrected chi connectivity index (χ0v) is 12.2. The van der Waals surface area contributed by atoms with Crippen LogP contribution in [0.15, 0.2) is 23.1 Å². The van der Waals surface area contributed by atoms with Gasteiger partial charge in [0.2, 0.25) is 0 Å². The second-order valence-electron chi connectivity index (χ2n) is 5.11. The zero-order chi connectivity index (χ0) is 15.8. The number of nitrogens with two attached hydrogens (primary N) is 1. The van der Waals surface area contributed by atoms with E-state index in [1.54, 1.807) is 6.92 Å². The highest BCUT2D eigenvalue weighted by atomic mass is 32.2. The Morgan fingerprint density at radius 2 is 2.19 bits per heavy atom. The van der Waals surface area contributed by atoms with Crippen molar-refractivity contribution in [3.63, 3.8) is 0 Å². The van der Waals surface area contributed by atoms with Gasteiger partial charge in [-0.3, -0.25) is 10.1 Å². The van der Waals surface area contributed by atoms with Crippen LogP contribution >= 0.6 is 0 Å². The summed E-state index contributed by atoms with van der Waals surface area (Å²) in [6.07, 6.45) is 0.554. The Hall–Kier alpha value is -1.58. The lowest BCUT2D eigenvalue weighted by Crippen LogP contribution is -2.35. The van der Waals surface area contributed by atoms with Crippen molar-refractivity contribution in [3.8, 4) is 0 Å². The van der Waals surface area contributed by atoms with Crippen molar-refractivity contribution in [3.05, 3.63) is 34.1 Å². The highest BCUT2D eigenvalue weighted by Gasteiger charge is 2.41. The summed E-state index contributed by atoms with van der Waals surface area (Å²) in [5, 5.41) is 11.0. The normalized spacial score (nSPS) is 23.4. The molecule has 1 heterocycles. The van der Waals surface area contributed by atoms with E-state index in [1.165, 1.54) is 0 Å². The third-order valence-corrected chi connectivity index (χ3v) is 5.69. The SMILES string of the molecule is CC1CC(CN)CN1S(=O)(=O)c1c(F)cccc1[N+](=O)[O-]. The van der Waals surface area contributed by atoms with Gasteiger partial charge in [-0.05, 0) is 31.9 Å². The highest BCUT2D eigenvalue weighted by molar-refractivity contribution is 7.89. The fourth-order valence-electron chi connectivity index (χ4n) is 2.63. The molecule has 7 nitrogen and oxygen atoms in total. The molecule has 0 saturated carbocycles. The Bertz CT molecular complexity index is 664. The molecule has 1 aliphatic heterocycles. The van der Waals surface area contributed by atoms with E-state index in [-0.39, 0.29) is 18.5 Å². The number of halogens is 1. The van der Waals surface area contributed by atoms with Gasteiger partial charge in [0.25, 0.3) is 15.7 Å². The molecule has 0 aromatic heterocycles. The van der Waals surface area contributed by atoms with E-state index in [1.807, 2.05) is 0 Å². The van der Waals surface area contributed by atoms with Gasteiger partial charge in [0, 0.05) is 18.7 Å². The summed E-state index contributed by atoms with van der Waals surface area (Å²) in [6, 6.07) is 2.63. The quantitative estimate of drug-likeness (QED) is 0.661. The Labute approximate surface area is 121 Å². The van der Waals surface area contributed by atoms with Crippen molar-refractivity contribution in [2.75, 3.05) is 13.1 Å². The molecule has 2 atom stereocenters. The molecule has 2 rings (SSSR count). The summed E-state index contributed by atoms with van der Waals surface area (Å²) in [5.74, 6) is -1.15. The summed E-state index contributed by atoms with van der Waals surface area (Å²) < 4.78 is 40.2. The molecule has 0 radical (unpaired) electrons. The largest absolute Gasteiger partial charge is 0.330 e. The molecule has 2 N–H and O–H groups in total. The van der Waals surface area contributed by atoms with Crippen LogP contribution in [0.1, 0.15) is 13.3 Å². The molecule has 9 heteroatoms. The third kappa shape index (κ3) is 2.76. The standard InChI is InChI=1S/C12H16FN3O4S/c1-8-5-9(6-14)7-15(8)21(19,20)12-10(13)3-2-4-11(12)16(17)18/h2-4,8-9H,5-7,14H2,1H3. The summed E-state index contributed by atoms with van der Waals surface area (Å²) in [7, 11) is -4.28. The molecule has 2 unspecified atom stereocenters. The molecule has 1 aromatic carbocycles. The summed E-state index contributed by atoms with van der Waals surface area (Å²) in [6.45, 7) is 2.14. The fourth-order valence-corrected chi connectivity index (χ4v) is 4.55. The van der Waals surface area contributed by atoms with Crippen molar-refractivity contribution >= 4 is 15.7 Å². The van der Waals surface area contributed by atoms with Crippen LogP contribution < -0.4 is 5.73 Å². The molecule has 1 fully saturated rings. The lowest BCUT2D eigenvalue weighted by atomic mass is 10.1. The van der Waals surface area contributed by atoms with Crippen LogP contribution in [0.5, 0.6) is 0 Å². The van der Waals surface area contributed by atoms with Gasteiger partial charge in [0.15, 0.2) is 4.90 Å². The number of nitro groups is 1. The average molecular weight is 317 g/mol. The molecule has 0 bridgehead atoms. The van der Waals surface area contributed by atoms with E-state index in [0.29, 0.717) is 13.0 Å². The van der Waals surface area contributed by atoms with Gasteiger partial charge in [-0.1, -0.05) is 6.07 Å². The van der Waals surface area contributed by atoms with Crippen molar-refractivity contribution in [2.24, 2.45) is 11.7 Å². The Morgan fingerprint density at radius 1 is 1.52 bits per heavy atom. The Kier molecular flexibility index (Phi) is 4.26. The predicted octanol–water partition coefficient (Wildman–Crippen LogP) is 1.09. The number of rotatable bonds is 4. The number of nitro benzene ring substituents is 1. The first-order valence-corrected chi connectivity index (χ1v) is 7.87. The van der Waals surface area contributed by atoms with E-state index >= 15 is 0 Å². The monoisotopic (exact) mass is 317 g/mol. The van der Waals surface area contributed by atoms with E-state index in [2.05, 4.69) is 0 Å². The number of benzene rings is 1. The Morgan fingerprint density at radius 3 is 2.71 bits per heavy atom. The molecule has 1 aromatic rings. The van der Waals surface area contributed by atoms with E-state index in [0.717, 1.165) is 22.5 Å². The second kappa shape index (κ2) is 5.66. The minimum Gasteiger partial charge on any atom is -0.330 e. The van der Waals surface area contributed by atoms with Crippen molar-refractivity contribution < 1.29 is 17.7 Å². The molecular weight excluding hydrogens is 301 g/mol. The first-order chi connectivity index (χ1) is 9.78. The smallest absolute Gasteiger partial charge is 0.292 e. The first-order valence-electron chi connectivity index (χ1n) is 6.43. The van der Waals surface area contributed by atoms with E-state index in [4.69, 9.17) is 5.73 Å². The second-order valence-corrected chi connectivity index (χ2v) is 6.93. The van der Waals surface area contributed by atoms with Crippen molar-refractivity contribution in [2.45, 2.75) is 24.3 Å². The molecule has 116 valence electrons. The van der Waals surface area contributed by atoms with Crippen LogP contribution in [0, 0.1) is 21.8 Å². The number of nitrogens with zero attached hydrogens (tertiary/aromatic N) is 2. The maximum atomic E-state index is 13.9. The maximum Gasteiger partial charge on any atom is 0.292 e. The van der Waals surface area contributed by atoms with Gasteiger partial charge in [-0.2, -0.15) is 4.31 Å².